The summed E-state index contributed by atoms with van der Waals surface area (Å²) < 4.78 is 0. The van der Waals surface area contributed by atoms with Crippen molar-refractivity contribution in [3.8, 4) is 0 Å². The number of hydrogen-bond acceptors (Lipinski definition) is 4. The Bertz CT molecular complexity index is 473. The van der Waals surface area contributed by atoms with Crippen LogP contribution in [0.1, 0.15) is 6.92 Å². The molecule has 0 aromatic carbocycles. The Kier molecular flexibility index (Phi) is 2.82. The summed E-state index contributed by atoms with van der Waals surface area (Å²) in [5.41, 5.74) is -0.398. The third-order valence-corrected chi connectivity index (χ3v) is 2.89. The van der Waals surface area contributed by atoms with Crippen molar-refractivity contribution in [1.82, 2.24) is 15.3 Å². The quantitative estimate of drug-likeness (QED) is 0.712. The van der Waals surface area contributed by atoms with Gasteiger partial charge < -0.3 is 15.2 Å². The Morgan fingerprint density at radius 3 is 3.06 bits per heavy atom. The van der Waals surface area contributed by atoms with Crippen molar-refractivity contribution in [2.24, 2.45) is 0 Å². The number of hydrogen-bond donors (Lipinski definition) is 2. The predicted octanol–water partition coefficient (Wildman–Crippen LogP) is -0.252. The van der Waals surface area contributed by atoms with Gasteiger partial charge >= 0.3 is 0 Å². The van der Waals surface area contributed by atoms with Gasteiger partial charge in [0, 0.05) is 13.1 Å². The van der Waals surface area contributed by atoms with Crippen molar-refractivity contribution in [2.75, 3.05) is 18.0 Å². The molecule has 0 aliphatic carbocycles. The molecule has 2 N–H and O–H groups in total. The minimum absolute atomic E-state index is 0.0176. The number of anilines is 1. The molecule has 1 fully saturated rings. The van der Waals surface area contributed by atoms with E-state index in [1.807, 2.05) is 0 Å². The van der Waals surface area contributed by atoms with Gasteiger partial charge in [-0.1, -0.05) is 11.6 Å². The van der Waals surface area contributed by atoms with Crippen molar-refractivity contribution >= 4 is 23.3 Å². The molecular formula is C9H11ClN4O2. The van der Waals surface area contributed by atoms with Crippen LogP contribution in [0.2, 0.25) is 5.02 Å². The highest BCUT2D eigenvalue weighted by Gasteiger charge is 2.28. The molecule has 0 bridgehead atoms. The Labute approximate surface area is 96.6 Å². The maximum absolute atomic E-state index is 11.5. The van der Waals surface area contributed by atoms with E-state index in [0.29, 0.717) is 18.9 Å². The molecule has 6 nitrogen and oxygen atoms in total. The number of rotatable bonds is 1. The van der Waals surface area contributed by atoms with Gasteiger partial charge in [0.2, 0.25) is 5.91 Å². The molecule has 0 radical (unpaired) electrons. The molecule has 1 saturated heterocycles. The topological polar surface area (TPSA) is 78.1 Å². The summed E-state index contributed by atoms with van der Waals surface area (Å²) in [4.78, 5) is 30.9. The Morgan fingerprint density at radius 2 is 2.31 bits per heavy atom. The van der Waals surface area contributed by atoms with Crippen LogP contribution in [0.15, 0.2) is 11.1 Å². The van der Waals surface area contributed by atoms with Crippen LogP contribution >= 0.6 is 11.6 Å². The fourth-order valence-electron chi connectivity index (χ4n) is 1.65. The molecule has 1 unspecified atom stereocenters. The molecule has 1 atom stereocenters. The van der Waals surface area contributed by atoms with Crippen LogP contribution in [0.3, 0.4) is 0 Å². The number of halogens is 1. The number of nitrogens with zero attached hydrogens (tertiary/aromatic N) is 2. The normalized spacial score (nSPS) is 20.8. The molecule has 1 amide bonds. The third kappa shape index (κ3) is 1.76. The van der Waals surface area contributed by atoms with Crippen LogP contribution in [0.25, 0.3) is 0 Å². The summed E-state index contributed by atoms with van der Waals surface area (Å²) in [6.45, 7) is 2.85. The van der Waals surface area contributed by atoms with Crippen LogP contribution in [0.4, 0.5) is 5.82 Å². The minimum Gasteiger partial charge on any atom is -0.353 e. The van der Waals surface area contributed by atoms with Crippen LogP contribution in [0.5, 0.6) is 0 Å². The second-order valence-electron chi connectivity index (χ2n) is 3.53. The lowest BCUT2D eigenvalue weighted by Gasteiger charge is -2.33. The van der Waals surface area contributed by atoms with E-state index in [1.165, 1.54) is 6.33 Å². The van der Waals surface area contributed by atoms with E-state index in [-0.39, 0.29) is 17.0 Å². The van der Waals surface area contributed by atoms with Gasteiger partial charge in [-0.2, -0.15) is 0 Å². The fourth-order valence-corrected chi connectivity index (χ4v) is 1.86. The van der Waals surface area contributed by atoms with Crippen molar-refractivity contribution in [3.05, 3.63) is 21.7 Å². The van der Waals surface area contributed by atoms with Gasteiger partial charge in [0.25, 0.3) is 5.56 Å². The molecule has 7 heteroatoms. The second kappa shape index (κ2) is 4.13. The van der Waals surface area contributed by atoms with Crippen LogP contribution in [-0.4, -0.2) is 35.0 Å². The maximum Gasteiger partial charge on any atom is 0.271 e. The van der Waals surface area contributed by atoms with E-state index in [1.54, 1.807) is 11.8 Å². The highest BCUT2D eigenvalue weighted by Crippen LogP contribution is 2.21. The van der Waals surface area contributed by atoms with E-state index in [4.69, 9.17) is 11.6 Å². The number of piperazine rings is 1. The first-order valence-electron chi connectivity index (χ1n) is 4.89. The maximum atomic E-state index is 11.5. The average molecular weight is 243 g/mol. The summed E-state index contributed by atoms with van der Waals surface area (Å²) >= 11 is 5.86. The molecule has 0 spiro atoms. The molecule has 0 saturated carbocycles. The van der Waals surface area contributed by atoms with Crippen molar-refractivity contribution < 1.29 is 4.79 Å². The highest BCUT2D eigenvalue weighted by atomic mass is 35.5. The number of aromatic amines is 1. The van der Waals surface area contributed by atoms with Gasteiger partial charge in [0.1, 0.15) is 11.1 Å². The monoisotopic (exact) mass is 242 g/mol. The van der Waals surface area contributed by atoms with Crippen LogP contribution in [0, 0.1) is 0 Å². The summed E-state index contributed by atoms with van der Waals surface area (Å²) in [5.74, 6) is 0.261. The lowest BCUT2D eigenvalue weighted by Crippen LogP contribution is -2.54. The van der Waals surface area contributed by atoms with Gasteiger partial charge in [-0.05, 0) is 6.92 Å². The summed E-state index contributed by atoms with van der Waals surface area (Å²) in [6.07, 6.45) is 1.28. The standard InChI is InChI=1S/C9H11ClN4O2/c1-5-8(15)11-2-3-14(5)7-6(10)9(16)13-4-12-7/h4-5H,2-3H2,1H3,(H,11,15)(H,12,13,16). The fraction of sp³-hybridized carbons (Fsp3) is 0.444. The van der Waals surface area contributed by atoms with Crippen LogP contribution in [-0.2, 0) is 4.79 Å². The van der Waals surface area contributed by atoms with Gasteiger partial charge in [0.15, 0.2) is 5.82 Å². The van der Waals surface area contributed by atoms with Gasteiger partial charge in [0.05, 0.1) is 6.33 Å². The lowest BCUT2D eigenvalue weighted by molar-refractivity contribution is -0.122. The van der Waals surface area contributed by atoms with E-state index < -0.39 is 5.56 Å². The Balaban J connectivity index is 2.40. The third-order valence-electron chi connectivity index (χ3n) is 2.55. The molecule has 86 valence electrons. The number of H-pyrrole nitrogens is 1. The molecular weight excluding hydrogens is 232 g/mol. The number of carbonyl (C=O) groups excluding carboxylic acids is 1. The number of nitrogens with one attached hydrogen (secondary N) is 2. The average Bonchev–Trinajstić information content (AvgIpc) is 2.27. The van der Waals surface area contributed by atoms with Gasteiger partial charge in [-0.25, -0.2) is 4.98 Å². The number of aromatic nitrogens is 2. The van der Waals surface area contributed by atoms with E-state index >= 15 is 0 Å². The summed E-state index contributed by atoms with van der Waals surface area (Å²) in [5, 5.41) is 2.75. The van der Waals surface area contributed by atoms with E-state index in [2.05, 4.69) is 15.3 Å². The molecule has 1 aliphatic rings. The minimum atomic E-state index is -0.398. The van der Waals surface area contributed by atoms with Crippen LogP contribution < -0.4 is 15.8 Å². The summed E-state index contributed by atoms with van der Waals surface area (Å²) in [7, 11) is 0. The first kappa shape index (κ1) is 10.9. The molecule has 1 aromatic rings. The molecule has 16 heavy (non-hydrogen) atoms. The number of carbonyl (C=O) groups is 1. The van der Waals surface area contributed by atoms with Crippen molar-refractivity contribution in [3.63, 3.8) is 0 Å². The second-order valence-corrected chi connectivity index (χ2v) is 3.91. The van der Waals surface area contributed by atoms with Crippen molar-refractivity contribution in [2.45, 2.75) is 13.0 Å². The smallest absolute Gasteiger partial charge is 0.271 e. The Hall–Kier alpha value is -1.56. The molecule has 2 heterocycles. The van der Waals surface area contributed by atoms with Gasteiger partial charge in [-0.15, -0.1) is 0 Å². The molecule has 1 aliphatic heterocycles. The lowest BCUT2D eigenvalue weighted by atomic mass is 10.2. The first-order valence-corrected chi connectivity index (χ1v) is 5.26. The zero-order chi connectivity index (χ0) is 11.7. The number of amides is 1. The van der Waals surface area contributed by atoms with Gasteiger partial charge in [-0.3, -0.25) is 9.59 Å². The van der Waals surface area contributed by atoms with E-state index in [0.717, 1.165) is 0 Å². The molecule has 1 aromatic heterocycles. The first-order chi connectivity index (χ1) is 7.61. The zero-order valence-electron chi connectivity index (χ0n) is 8.66. The van der Waals surface area contributed by atoms with E-state index in [9.17, 15) is 9.59 Å². The molecule has 2 rings (SSSR count). The predicted molar refractivity (Wildman–Crippen MR) is 59.7 cm³/mol. The SMILES string of the molecule is CC1C(=O)NCCN1c1nc[nH]c(=O)c1Cl. The zero-order valence-corrected chi connectivity index (χ0v) is 9.41. The Morgan fingerprint density at radius 1 is 1.56 bits per heavy atom. The van der Waals surface area contributed by atoms with Crippen molar-refractivity contribution in [1.29, 1.82) is 0 Å². The highest BCUT2D eigenvalue weighted by molar-refractivity contribution is 6.32. The largest absolute Gasteiger partial charge is 0.353 e. The summed E-state index contributed by atoms with van der Waals surface area (Å²) in [6, 6.07) is -0.374.